The van der Waals surface area contributed by atoms with E-state index in [2.05, 4.69) is 92.5 Å². The average molecular weight is 1040 g/mol. The largest absolute Gasteiger partial charge is 0.463 e. The third-order valence-corrected chi connectivity index (χ3v) is 19.3. The minimum absolute atomic E-state index is 0.00513. The summed E-state index contributed by atoms with van der Waals surface area (Å²) in [6.45, 7) is 6.95. The van der Waals surface area contributed by atoms with Crippen molar-refractivity contribution in [1.82, 2.24) is 37.2 Å². The van der Waals surface area contributed by atoms with Crippen LogP contribution < -0.4 is 43.0 Å². The van der Waals surface area contributed by atoms with E-state index in [1.165, 1.54) is 48.8 Å². The number of benzene rings is 1. The minimum atomic E-state index is -2.11. The van der Waals surface area contributed by atoms with Gasteiger partial charge in [-0.1, -0.05) is 99.3 Å². The Hall–Kier alpha value is -5.28. The van der Waals surface area contributed by atoms with E-state index in [0.29, 0.717) is 48.3 Å². The molecule has 6 aliphatic heterocycles. The molecule has 0 amide bonds. The van der Waals surface area contributed by atoms with Gasteiger partial charge in [-0.3, -0.25) is 14.6 Å². The number of dihydropyridines is 2. The standard InChI is InChI=1S/C62H85N9O5/c1-39(33-60(27-12-29-67-58(65-4)71-60)49-25-30-66-56-46(49)21-23-52(64-3)70-56)24-28-61-54(72)47-19-11-18-44-35-59(2,34-41-20-22-51(63)69-37-41)26-9-8-15-42-16-10-17-43-32-50(68-36-40-13-6-5-7-14-40)45(31-48(42)43)38-75-57(74)62(61,76-61)55(73)53(44)47/h10-11,17-20,22,24-25,32,37,40,42,45,48,50-52,64,66,68-70H,5-9,12-16,21,23,26-31,33-36,38,63H2,1-4H3,(H2,65,67,71). The van der Waals surface area contributed by atoms with Crippen LogP contribution >= 0.6 is 0 Å². The number of nitrogens with two attached hydrogens (primary N) is 1. The van der Waals surface area contributed by atoms with Crippen molar-refractivity contribution in [2.75, 3.05) is 40.3 Å². The molecule has 6 heterocycles. The van der Waals surface area contributed by atoms with Gasteiger partial charge in [0, 0.05) is 55.8 Å². The first-order chi connectivity index (χ1) is 36.9. The Bertz CT molecular complexity index is 2690. The van der Waals surface area contributed by atoms with Gasteiger partial charge in [0.1, 0.15) is 5.82 Å². The molecule has 0 aromatic heterocycles. The summed E-state index contributed by atoms with van der Waals surface area (Å²) >= 11 is 0. The Balaban J connectivity index is 0.953. The summed E-state index contributed by atoms with van der Waals surface area (Å²) in [5, 5.41) is 25.3. The molecule has 4 bridgehead atoms. The Kier molecular flexibility index (Phi) is 15.2. The van der Waals surface area contributed by atoms with Crippen molar-refractivity contribution in [2.24, 2.45) is 39.8 Å². The number of rotatable bonds is 11. The summed E-state index contributed by atoms with van der Waals surface area (Å²) < 4.78 is 13.3. The Labute approximate surface area is 451 Å². The number of nitrogens with zero attached hydrogens (tertiary/aromatic N) is 1. The zero-order valence-electron chi connectivity index (χ0n) is 45.7. The molecule has 10 atom stereocenters. The average Bonchev–Trinajstić information content (AvgIpc) is 4.22. The highest BCUT2D eigenvalue weighted by Gasteiger charge is 2.85. The fraction of sp³-hybridized carbons (Fsp3) is 0.613. The number of ketones is 2. The zero-order valence-corrected chi connectivity index (χ0v) is 45.7. The van der Waals surface area contributed by atoms with E-state index < -0.39 is 28.5 Å². The molecule has 1 spiro atoms. The van der Waals surface area contributed by atoms with Crippen LogP contribution in [0.2, 0.25) is 0 Å². The number of hydrogen-bond donors (Lipinski definition) is 8. The van der Waals surface area contributed by atoms with Crippen LogP contribution in [-0.4, -0.2) is 98.9 Å². The molecule has 14 heteroatoms. The van der Waals surface area contributed by atoms with Gasteiger partial charge in [-0.2, -0.15) is 0 Å². The molecule has 10 unspecified atom stereocenters. The second-order valence-electron chi connectivity index (χ2n) is 24.6. The number of guanidine groups is 1. The molecule has 1 aromatic carbocycles. The molecule has 1 aromatic rings. The first kappa shape index (κ1) is 52.8. The second kappa shape index (κ2) is 21.9. The van der Waals surface area contributed by atoms with Crippen molar-refractivity contribution in [1.29, 1.82) is 0 Å². The molecule has 408 valence electrons. The van der Waals surface area contributed by atoms with Crippen molar-refractivity contribution in [3.63, 3.8) is 0 Å². The highest BCUT2D eigenvalue weighted by atomic mass is 16.7. The third kappa shape index (κ3) is 10.1. The van der Waals surface area contributed by atoms with Crippen LogP contribution in [0.3, 0.4) is 0 Å². The molecule has 11 rings (SSSR count). The maximum absolute atomic E-state index is 15.9. The SMILES string of the molecule is CN=C1NCCCC(CC(C)=CCC23OC24C(=O)OCC2CC5C(=CC2NCC2CCCCC2)C=CCC5CCCCC(C)(CC2=CNC(N)C=C2)Cc2cccc(c2C4=O)C3=O)(C2=CCNC3=C2CCC(NC)N3)N1. The third-order valence-electron chi connectivity index (χ3n) is 19.3. The number of cyclic esters (lactones) is 1. The number of allylic oxidation sites excluding steroid dienone is 5. The molecule has 9 N–H and O–H groups in total. The number of esters is 1. The van der Waals surface area contributed by atoms with Crippen LogP contribution in [-0.2, 0) is 20.7 Å². The summed E-state index contributed by atoms with van der Waals surface area (Å²) in [5.74, 6) is 1.74. The molecule has 4 aliphatic carbocycles. The van der Waals surface area contributed by atoms with Gasteiger partial charge in [-0.25, -0.2) is 4.79 Å². The van der Waals surface area contributed by atoms with Gasteiger partial charge in [-0.05, 0) is 161 Å². The quantitative estimate of drug-likeness (QED) is 0.0465. The van der Waals surface area contributed by atoms with Crippen LogP contribution in [0.15, 0.2) is 106 Å². The van der Waals surface area contributed by atoms with Gasteiger partial charge < -0.3 is 52.4 Å². The van der Waals surface area contributed by atoms with Crippen molar-refractivity contribution < 1.29 is 23.9 Å². The number of Topliss-reactive ketones (excluding diaryl/α,β-unsaturated/α-hetero) is 2. The number of aliphatic imine (C=N–C) groups is 1. The minimum Gasteiger partial charge on any atom is -0.463 e. The van der Waals surface area contributed by atoms with Gasteiger partial charge in [0.05, 0.1) is 24.5 Å². The normalized spacial score (nSPS) is 36.3. The van der Waals surface area contributed by atoms with Crippen LogP contribution in [0, 0.1) is 29.1 Å². The van der Waals surface area contributed by atoms with Crippen LogP contribution in [0.1, 0.15) is 156 Å². The number of fused-ring (bicyclic) bond motifs is 1. The summed E-state index contributed by atoms with van der Waals surface area (Å²) in [6.07, 6.45) is 35.6. The molecular formula is C62H85N9O5. The van der Waals surface area contributed by atoms with Crippen molar-refractivity contribution >= 4 is 23.5 Å². The Morgan fingerprint density at radius 3 is 2.66 bits per heavy atom. The van der Waals surface area contributed by atoms with E-state index in [0.717, 1.165) is 112 Å². The van der Waals surface area contributed by atoms with Crippen molar-refractivity contribution in [3.8, 4) is 0 Å². The highest BCUT2D eigenvalue weighted by Crippen LogP contribution is 2.60. The Morgan fingerprint density at radius 1 is 0.987 bits per heavy atom. The van der Waals surface area contributed by atoms with E-state index in [1.807, 2.05) is 38.5 Å². The lowest BCUT2D eigenvalue weighted by molar-refractivity contribution is -0.150. The van der Waals surface area contributed by atoms with Gasteiger partial charge in [0.15, 0.2) is 17.3 Å². The van der Waals surface area contributed by atoms with Gasteiger partial charge >= 0.3 is 5.97 Å². The number of epoxide rings is 1. The van der Waals surface area contributed by atoms with Gasteiger partial charge in [-0.15, -0.1) is 0 Å². The zero-order chi connectivity index (χ0) is 52.7. The fourth-order valence-electron chi connectivity index (χ4n) is 15.2. The lowest BCUT2D eigenvalue weighted by Gasteiger charge is -2.43. The highest BCUT2D eigenvalue weighted by molar-refractivity contribution is 6.33. The predicted molar refractivity (Wildman–Crippen MR) is 299 cm³/mol. The molecule has 2 saturated heterocycles. The lowest BCUT2D eigenvalue weighted by atomic mass is 9.67. The second-order valence-corrected chi connectivity index (χ2v) is 24.6. The number of ether oxygens (including phenoxy) is 2. The number of carbonyl (C=O) groups excluding carboxylic acids is 3. The van der Waals surface area contributed by atoms with E-state index in [4.69, 9.17) is 15.2 Å². The van der Waals surface area contributed by atoms with E-state index >= 15 is 14.4 Å². The predicted octanol–water partition coefficient (Wildman–Crippen LogP) is 7.73. The summed E-state index contributed by atoms with van der Waals surface area (Å²) in [6, 6.07) is 5.67. The molecular weight excluding hydrogens is 951 g/mol. The maximum atomic E-state index is 15.9. The number of nitrogens with one attached hydrogen (secondary N) is 7. The molecule has 1 saturated carbocycles. The monoisotopic (exact) mass is 1040 g/mol. The maximum Gasteiger partial charge on any atom is 0.350 e. The number of carbonyl (C=O) groups is 3. The van der Waals surface area contributed by atoms with Crippen molar-refractivity contribution in [2.45, 2.75) is 171 Å². The molecule has 3 fully saturated rings. The van der Waals surface area contributed by atoms with E-state index in [1.54, 1.807) is 6.07 Å². The first-order valence-electron chi connectivity index (χ1n) is 29.2. The van der Waals surface area contributed by atoms with E-state index in [9.17, 15) is 0 Å². The number of hydrogen-bond acceptors (Lipinski definition) is 12. The van der Waals surface area contributed by atoms with Gasteiger partial charge in [0.25, 0.3) is 5.60 Å². The van der Waals surface area contributed by atoms with Crippen LogP contribution in [0.5, 0.6) is 0 Å². The molecule has 76 heavy (non-hydrogen) atoms. The topological polar surface area (TPSA) is 196 Å². The van der Waals surface area contributed by atoms with Crippen molar-refractivity contribution in [3.05, 3.63) is 117 Å². The first-order valence-corrected chi connectivity index (χ1v) is 29.2. The lowest BCUT2D eigenvalue weighted by Crippen LogP contribution is -2.55. The summed E-state index contributed by atoms with van der Waals surface area (Å²) in [4.78, 5) is 51.6. The fourth-order valence-corrected chi connectivity index (χ4v) is 15.2. The Morgan fingerprint density at radius 2 is 1.84 bits per heavy atom. The van der Waals surface area contributed by atoms with Gasteiger partial charge in [0.2, 0.25) is 5.78 Å². The summed E-state index contributed by atoms with van der Waals surface area (Å²) in [5.41, 5.74) is 9.00. The van der Waals surface area contributed by atoms with E-state index in [-0.39, 0.29) is 48.5 Å². The summed E-state index contributed by atoms with van der Waals surface area (Å²) in [7, 11) is 3.80. The molecule has 0 radical (unpaired) electrons. The smallest absolute Gasteiger partial charge is 0.350 e. The van der Waals surface area contributed by atoms with Crippen LogP contribution in [0.4, 0.5) is 0 Å². The molecule has 14 nitrogen and oxygen atoms in total. The molecule has 10 aliphatic rings. The van der Waals surface area contributed by atoms with Crippen LogP contribution in [0.25, 0.3) is 0 Å².